The Balaban J connectivity index is 1.78. The number of rotatable bonds is 8. The maximum Gasteiger partial charge on any atom is 0.537 e. The third-order valence-corrected chi connectivity index (χ3v) is 3.84. The number of ether oxygens (including phenoxy) is 2. The van der Waals surface area contributed by atoms with Gasteiger partial charge in [-0.2, -0.15) is 0 Å². The highest BCUT2D eigenvalue weighted by atomic mass is 16.9. The van der Waals surface area contributed by atoms with E-state index in [2.05, 4.69) is 4.84 Å². The van der Waals surface area contributed by atoms with E-state index in [1.54, 1.807) is 13.8 Å². The van der Waals surface area contributed by atoms with Crippen molar-refractivity contribution in [1.29, 1.82) is 0 Å². The number of hydrogen-bond acceptors (Lipinski definition) is 9. The second-order valence-electron chi connectivity index (χ2n) is 6.41. The molecule has 4 amide bonds. The van der Waals surface area contributed by atoms with Crippen LogP contribution in [0.2, 0.25) is 0 Å². The van der Waals surface area contributed by atoms with Gasteiger partial charge in [-0.15, -0.1) is 0 Å². The summed E-state index contributed by atoms with van der Waals surface area (Å²) in [4.78, 5) is 75.0. The van der Waals surface area contributed by atoms with Crippen molar-refractivity contribution >= 4 is 35.8 Å². The molecule has 0 aliphatic carbocycles. The summed E-state index contributed by atoms with van der Waals surface area (Å²) in [5.41, 5.74) is 0. The summed E-state index contributed by atoms with van der Waals surface area (Å²) < 4.78 is 9.94. The van der Waals surface area contributed by atoms with E-state index in [0.717, 1.165) is 17.1 Å². The van der Waals surface area contributed by atoms with Crippen LogP contribution in [-0.4, -0.2) is 58.6 Å². The zero-order valence-corrected chi connectivity index (χ0v) is 15.4. The van der Waals surface area contributed by atoms with Crippen LogP contribution < -0.4 is 0 Å². The van der Waals surface area contributed by atoms with Gasteiger partial charge in [-0.1, -0.05) is 18.9 Å². The van der Waals surface area contributed by atoms with Crippen LogP contribution in [0.4, 0.5) is 4.79 Å². The number of nitrogens with zero attached hydrogens (tertiary/aromatic N) is 2. The topological polar surface area (TPSA) is 137 Å². The SMILES string of the molecule is CC(C)C(OC(=O)CCCN1C(=O)C=CC1=O)OC(=O)ON1C(=O)CCC1=O. The molecule has 1 saturated heterocycles. The normalized spacial score (nSPS) is 17.5. The Bertz CT molecular complexity index is 694. The van der Waals surface area contributed by atoms with E-state index >= 15 is 0 Å². The largest absolute Gasteiger partial charge is 0.537 e. The average Bonchev–Trinajstić information content (AvgIpc) is 3.11. The van der Waals surface area contributed by atoms with Gasteiger partial charge in [0.05, 0.1) is 0 Å². The minimum Gasteiger partial charge on any atom is -0.425 e. The van der Waals surface area contributed by atoms with Crippen LogP contribution in [0.3, 0.4) is 0 Å². The highest BCUT2D eigenvalue weighted by Crippen LogP contribution is 2.16. The molecule has 2 rings (SSSR count). The van der Waals surface area contributed by atoms with Crippen LogP contribution in [0, 0.1) is 5.92 Å². The number of hydroxylamine groups is 2. The Labute approximate surface area is 160 Å². The molecule has 0 spiro atoms. The van der Waals surface area contributed by atoms with Crippen molar-refractivity contribution in [3.8, 4) is 0 Å². The maximum absolute atomic E-state index is 11.9. The molecule has 0 aromatic heterocycles. The maximum atomic E-state index is 11.9. The van der Waals surface area contributed by atoms with Crippen LogP contribution in [0.25, 0.3) is 0 Å². The van der Waals surface area contributed by atoms with E-state index in [4.69, 9.17) is 9.47 Å². The van der Waals surface area contributed by atoms with Crippen LogP contribution in [0.15, 0.2) is 12.2 Å². The predicted molar refractivity (Wildman–Crippen MR) is 88.5 cm³/mol. The minimum atomic E-state index is -1.35. The van der Waals surface area contributed by atoms with Gasteiger partial charge in [0.1, 0.15) is 0 Å². The fourth-order valence-electron chi connectivity index (χ4n) is 2.37. The molecule has 1 unspecified atom stereocenters. The van der Waals surface area contributed by atoms with E-state index in [9.17, 15) is 28.8 Å². The lowest BCUT2D eigenvalue weighted by Crippen LogP contribution is -2.36. The molecule has 2 aliphatic heterocycles. The summed E-state index contributed by atoms with van der Waals surface area (Å²) in [6.07, 6.45) is -0.446. The monoisotopic (exact) mass is 396 g/mol. The molecule has 0 aromatic rings. The molecule has 0 N–H and O–H groups in total. The molecule has 0 saturated carbocycles. The van der Waals surface area contributed by atoms with Gasteiger partial charge in [0, 0.05) is 43.9 Å². The van der Waals surface area contributed by atoms with Crippen molar-refractivity contribution in [3.63, 3.8) is 0 Å². The van der Waals surface area contributed by atoms with E-state index in [0.29, 0.717) is 5.06 Å². The Morgan fingerprint density at radius 2 is 1.57 bits per heavy atom. The van der Waals surface area contributed by atoms with Gasteiger partial charge in [0.15, 0.2) is 0 Å². The van der Waals surface area contributed by atoms with Gasteiger partial charge >= 0.3 is 12.1 Å². The number of carbonyl (C=O) groups excluding carboxylic acids is 6. The summed E-state index contributed by atoms with van der Waals surface area (Å²) in [7, 11) is 0. The molecule has 0 bridgehead atoms. The van der Waals surface area contributed by atoms with Gasteiger partial charge in [0.2, 0.25) is 0 Å². The first kappa shape index (κ1) is 21.1. The second-order valence-corrected chi connectivity index (χ2v) is 6.41. The minimum absolute atomic E-state index is 0.0498. The third-order valence-electron chi connectivity index (χ3n) is 3.84. The highest BCUT2D eigenvalue weighted by molar-refractivity contribution is 6.12. The number of carbonyl (C=O) groups is 6. The van der Waals surface area contributed by atoms with Crippen LogP contribution in [-0.2, 0) is 38.3 Å². The number of hydrogen-bond donors (Lipinski definition) is 0. The fraction of sp³-hybridized carbons (Fsp3) is 0.529. The standard InChI is InChI=1S/C17H20N2O9/c1-10(2)16(27-17(25)28-19-13(22)7-8-14(19)23)26-15(24)4-3-9-18-11(20)5-6-12(18)21/h5-6,10,16H,3-4,7-9H2,1-2H3. The summed E-state index contributed by atoms with van der Waals surface area (Å²) >= 11 is 0. The Morgan fingerprint density at radius 1 is 1.00 bits per heavy atom. The molecule has 0 radical (unpaired) electrons. The lowest BCUT2D eigenvalue weighted by Gasteiger charge is -2.22. The first-order chi connectivity index (χ1) is 13.2. The van der Waals surface area contributed by atoms with Crippen molar-refractivity contribution in [2.45, 2.75) is 45.8 Å². The molecule has 1 fully saturated rings. The Hall–Kier alpha value is -3.24. The van der Waals surface area contributed by atoms with Crippen LogP contribution in [0.5, 0.6) is 0 Å². The molecule has 2 aliphatic rings. The average molecular weight is 396 g/mol. The molecular weight excluding hydrogens is 376 g/mol. The Morgan fingerprint density at radius 3 is 2.11 bits per heavy atom. The van der Waals surface area contributed by atoms with E-state index in [-0.39, 0.29) is 32.2 Å². The number of esters is 1. The van der Waals surface area contributed by atoms with Gasteiger partial charge in [-0.05, 0) is 6.42 Å². The quantitative estimate of drug-likeness (QED) is 0.325. The first-order valence-corrected chi connectivity index (χ1v) is 8.66. The van der Waals surface area contributed by atoms with Gasteiger partial charge < -0.3 is 9.47 Å². The van der Waals surface area contributed by atoms with Gasteiger partial charge in [-0.25, -0.2) is 4.79 Å². The number of amides is 4. The van der Waals surface area contributed by atoms with E-state index < -0.39 is 48.0 Å². The lowest BCUT2D eigenvalue weighted by atomic mass is 10.2. The molecular formula is C17H20N2O9. The van der Waals surface area contributed by atoms with Gasteiger partial charge in [0.25, 0.3) is 29.9 Å². The fourth-order valence-corrected chi connectivity index (χ4v) is 2.37. The van der Waals surface area contributed by atoms with Gasteiger partial charge in [-0.3, -0.25) is 33.7 Å². The van der Waals surface area contributed by atoms with E-state index in [1.807, 2.05) is 0 Å². The highest BCUT2D eigenvalue weighted by Gasteiger charge is 2.35. The molecule has 11 heteroatoms. The van der Waals surface area contributed by atoms with Crippen LogP contribution >= 0.6 is 0 Å². The molecule has 28 heavy (non-hydrogen) atoms. The van der Waals surface area contributed by atoms with Crippen molar-refractivity contribution in [1.82, 2.24) is 9.96 Å². The van der Waals surface area contributed by atoms with Crippen LogP contribution in [0.1, 0.15) is 39.5 Å². The van der Waals surface area contributed by atoms with Crippen molar-refractivity contribution in [2.75, 3.05) is 6.54 Å². The van der Waals surface area contributed by atoms with Crippen molar-refractivity contribution in [3.05, 3.63) is 12.2 Å². The summed E-state index contributed by atoms with van der Waals surface area (Å²) in [6, 6.07) is 0. The summed E-state index contributed by atoms with van der Waals surface area (Å²) in [6.45, 7) is 3.28. The third kappa shape index (κ3) is 5.38. The molecule has 11 nitrogen and oxygen atoms in total. The molecule has 1 atom stereocenters. The number of imide groups is 2. The van der Waals surface area contributed by atoms with Crippen molar-refractivity contribution in [2.24, 2.45) is 5.92 Å². The lowest BCUT2D eigenvalue weighted by molar-refractivity contribution is -0.199. The second kappa shape index (κ2) is 9.11. The first-order valence-electron chi connectivity index (χ1n) is 8.66. The molecule has 152 valence electrons. The van der Waals surface area contributed by atoms with Crippen molar-refractivity contribution < 1.29 is 43.1 Å². The van der Waals surface area contributed by atoms with E-state index in [1.165, 1.54) is 0 Å². The summed E-state index contributed by atoms with van der Waals surface area (Å²) in [5, 5.41) is 0.319. The molecule has 0 aromatic carbocycles. The smallest absolute Gasteiger partial charge is 0.425 e. The summed E-state index contributed by atoms with van der Waals surface area (Å²) in [5.74, 6) is -3.38. The zero-order chi connectivity index (χ0) is 20.8. The predicted octanol–water partition coefficient (Wildman–Crippen LogP) is 0.434. The Kier molecular flexibility index (Phi) is 6.85. The zero-order valence-electron chi connectivity index (χ0n) is 15.4. The molecule has 2 heterocycles.